The number of aromatic nitrogens is 1. The Balaban J connectivity index is 1.70. The molecule has 0 aliphatic carbocycles. The normalized spacial score (nSPS) is 11.1. The highest BCUT2D eigenvalue weighted by molar-refractivity contribution is 7.29. The summed E-state index contributed by atoms with van der Waals surface area (Å²) in [5.41, 5.74) is 0.488. The van der Waals surface area contributed by atoms with Gasteiger partial charge in [-0.05, 0) is 12.1 Å². The van der Waals surface area contributed by atoms with Crippen LogP contribution >= 0.6 is 22.7 Å². The first-order valence-electron chi connectivity index (χ1n) is 7.32. The van der Waals surface area contributed by atoms with E-state index in [1.807, 2.05) is 19.0 Å². The van der Waals surface area contributed by atoms with Crippen molar-refractivity contribution >= 4 is 43.2 Å². The van der Waals surface area contributed by atoms with Crippen LogP contribution in [0.15, 0.2) is 30.3 Å². The first kappa shape index (κ1) is 17.6. The molecule has 0 spiro atoms. The number of carbonyl (C=O) groups excluding carboxylic acids is 1. The lowest BCUT2D eigenvalue weighted by molar-refractivity contribution is -0.0504. The first-order chi connectivity index (χ1) is 11.9. The number of hydrogen-bond acceptors (Lipinski definition) is 6. The van der Waals surface area contributed by atoms with Crippen molar-refractivity contribution in [1.82, 2.24) is 10.3 Å². The van der Waals surface area contributed by atoms with Crippen LogP contribution in [0, 0.1) is 0 Å². The summed E-state index contributed by atoms with van der Waals surface area (Å²) in [6.45, 7) is -2.80. The Bertz CT molecular complexity index is 861. The number of thiazole rings is 1. The molecule has 1 N–H and O–H groups in total. The Morgan fingerprint density at radius 2 is 2.08 bits per heavy atom. The number of hydrogen-bond donors (Lipinski definition) is 1. The fraction of sp³-hybridized carbons (Fsp3) is 0.250. The maximum Gasteiger partial charge on any atom is 0.387 e. The van der Waals surface area contributed by atoms with E-state index in [2.05, 4.69) is 15.0 Å². The fourth-order valence-corrected chi connectivity index (χ4v) is 4.20. The molecule has 3 aromatic rings. The number of halogens is 2. The monoisotopic (exact) mass is 383 g/mol. The highest BCUT2D eigenvalue weighted by Gasteiger charge is 2.15. The minimum absolute atomic E-state index is 0.0576. The Labute approximate surface area is 150 Å². The van der Waals surface area contributed by atoms with Crippen LogP contribution in [0.5, 0.6) is 5.75 Å². The quantitative estimate of drug-likeness (QED) is 0.700. The van der Waals surface area contributed by atoms with Gasteiger partial charge in [-0.1, -0.05) is 29.5 Å². The molecule has 132 valence electrons. The van der Waals surface area contributed by atoms with Crippen LogP contribution in [0.3, 0.4) is 0 Å². The molecule has 1 amide bonds. The van der Waals surface area contributed by atoms with Crippen LogP contribution < -0.4 is 15.0 Å². The zero-order valence-electron chi connectivity index (χ0n) is 13.5. The molecule has 2 aromatic heterocycles. The van der Waals surface area contributed by atoms with E-state index in [0.29, 0.717) is 10.4 Å². The summed E-state index contributed by atoms with van der Waals surface area (Å²) >= 11 is 2.81. The lowest BCUT2D eigenvalue weighted by atomic mass is 10.2. The van der Waals surface area contributed by atoms with Gasteiger partial charge in [0.1, 0.15) is 10.6 Å². The molecule has 3 rings (SSSR count). The lowest BCUT2D eigenvalue weighted by Crippen LogP contribution is -2.22. The summed E-state index contributed by atoms with van der Waals surface area (Å²) in [6.07, 6.45) is 0. The summed E-state index contributed by atoms with van der Waals surface area (Å²) in [4.78, 5) is 20.0. The van der Waals surface area contributed by atoms with Crippen molar-refractivity contribution in [1.29, 1.82) is 0 Å². The molecule has 25 heavy (non-hydrogen) atoms. The van der Waals surface area contributed by atoms with E-state index in [1.165, 1.54) is 28.7 Å². The highest BCUT2D eigenvalue weighted by Crippen LogP contribution is 2.33. The predicted octanol–water partition coefficient (Wildman–Crippen LogP) is 3.96. The van der Waals surface area contributed by atoms with Gasteiger partial charge in [0.25, 0.3) is 5.91 Å². The van der Waals surface area contributed by atoms with Gasteiger partial charge in [0.15, 0.2) is 5.13 Å². The SMILES string of the molecule is CN(C)c1nc2sc(C(=O)NCc3ccccc3OC(F)F)cc2s1. The Morgan fingerprint density at radius 1 is 1.32 bits per heavy atom. The number of thiophene rings is 1. The van der Waals surface area contributed by atoms with Gasteiger partial charge in [0, 0.05) is 26.2 Å². The zero-order chi connectivity index (χ0) is 18.0. The van der Waals surface area contributed by atoms with Crippen molar-refractivity contribution in [2.75, 3.05) is 19.0 Å². The van der Waals surface area contributed by atoms with E-state index >= 15 is 0 Å². The number of amides is 1. The van der Waals surface area contributed by atoms with E-state index in [-0.39, 0.29) is 18.2 Å². The molecule has 0 radical (unpaired) electrons. The third-order valence-corrected chi connectivity index (χ3v) is 5.64. The van der Waals surface area contributed by atoms with E-state index < -0.39 is 6.61 Å². The molecule has 9 heteroatoms. The van der Waals surface area contributed by atoms with Gasteiger partial charge in [-0.15, -0.1) is 11.3 Å². The van der Waals surface area contributed by atoms with Crippen LogP contribution in [0.25, 0.3) is 9.53 Å². The third kappa shape index (κ3) is 4.05. The summed E-state index contributed by atoms with van der Waals surface area (Å²) < 4.78 is 30.2. The minimum Gasteiger partial charge on any atom is -0.434 e. The molecular weight excluding hydrogens is 368 g/mol. The smallest absolute Gasteiger partial charge is 0.387 e. The van der Waals surface area contributed by atoms with Crippen molar-refractivity contribution in [3.63, 3.8) is 0 Å². The van der Waals surface area contributed by atoms with Crippen molar-refractivity contribution in [2.45, 2.75) is 13.2 Å². The third-order valence-electron chi connectivity index (χ3n) is 3.31. The van der Waals surface area contributed by atoms with E-state index in [9.17, 15) is 13.6 Å². The number of fused-ring (bicyclic) bond motifs is 1. The Morgan fingerprint density at radius 3 is 2.76 bits per heavy atom. The topological polar surface area (TPSA) is 54.5 Å². The summed E-state index contributed by atoms with van der Waals surface area (Å²) in [5, 5.41) is 3.61. The number of alkyl halides is 2. The number of carbonyl (C=O) groups is 1. The number of nitrogens with one attached hydrogen (secondary N) is 1. The van der Waals surface area contributed by atoms with E-state index in [4.69, 9.17) is 0 Å². The molecule has 0 aliphatic rings. The van der Waals surface area contributed by atoms with Crippen LogP contribution in [0.2, 0.25) is 0 Å². The van der Waals surface area contributed by atoms with Crippen molar-refractivity contribution in [3.8, 4) is 5.75 Å². The second kappa shape index (κ2) is 7.32. The van der Waals surface area contributed by atoms with Crippen LogP contribution in [0.4, 0.5) is 13.9 Å². The first-order valence-corrected chi connectivity index (χ1v) is 8.96. The van der Waals surface area contributed by atoms with Crippen molar-refractivity contribution in [3.05, 3.63) is 40.8 Å². The molecule has 0 bridgehead atoms. The molecule has 0 aliphatic heterocycles. The second-order valence-corrected chi connectivity index (χ2v) is 7.38. The Kier molecular flexibility index (Phi) is 5.14. The molecule has 0 saturated carbocycles. The van der Waals surface area contributed by atoms with Gasteiger partial charge in [-0.2, -0.15) is 8.78 Å². The molecular formula is C16H15F2N3O2S2. The van der Waals surface area contributed by atoms with Gasteiger partial charge in [-0.25, -0.2) is 4.98 Å². The molecule has 0 unspecified atom stereocenters. The summed E-state index contributed by atoms with van der Waals surface area (Å²) in [6, 6.07) is 8.18. The number of para-hydroxylation sites is 1. The largest absolute Gasteiger partial charge is 0.434 e. The molecule has 0 atom stereocenters. The number of nitrogens with zero attached hydrogens (tertiary/aromatic N) is 2. The average Bonchev–Trinajstić information content (AvgIpc) is 3.12. The van der Waals surface area contributed by atoms with Crippen LogP contribution in [-0.2, 0) is 6.54 Å². The number of benzene rings is 1. The maximum atomic E-state index is 12.4. The fourth-order valence-electron chi connectivity index (χ4n) is 2.15. The molecule has 0 saturated heterocycles. The van der Waals surface area contributed by atoms with Crippen molar-refractivity contribution < 1.29 is 18.3 Å². The van der Waals surface area contributed by atoms with Crippen molar-refractivity contribution in [2.24, 2.45) is 0 Å². The summed E-state index contributed by atoms with van der Waals surface area (Å²) in [7, 11) is 3.82. The predicted molar refractivity (Wildman–Crippen MR) is 96.1 cm³/mol. The van der Waals surface area contributed by atoms with Gasteiger partial charge in [0.2, 0.25) is 0 Å². The summed E-state index contributed by atoms with van der Waals surface area (Å²) in [5.74, 6) is -0.212. The van der Waals surface area contributed by atoms with E-state index in [0.717, 1.165) is 14.7 Å². The second-order valence-electron chi connectivity index (χ2n) is 5.34. The van der Waals surface area contributed by atoms with E-state index in [1.54, 1.807) is 24.3 Å². The van der Waals surface area contributed by atoms with Crippen LogP contribution in [-0.4, -0.2) is 31.6 Å². The molecule has 1 aromatic carbocycles. The number of ether oxygens (including phenoxy) is 1. The number of rotatable bonds is 6. The van der Waals surface area contributed by atoms with Gasteiger partial charge in [-0.3, -0.25) is 4.79 Å². The highest BCUT2D eigenvalue weighted by atomic mass is 32.1. The molecule has 0 fully saturated rings. The zero-order valence-corrected chi connectivity index (χ0v) is 15.1. The minimum atomic E-state index is -2.90. The maximum absolute atomic E-state index is 12.4. The van der Waals surface area contributed by atoms with Crippen LogP contribution in [0.1, 0.15) is 15.2 Å². The van der Waals surface area contributed by atoms with Gasteiger partial charge >= 0.3 is 6.61 Å². The Hall–Kier alpha value is -2.26. The average molecular weight is 383 g/mol. The molecule has 5 nitrogen and oxygen atoms in total. The number of anilines is 1. The lowest BCUT2D eigenvalue weighted by Gasteiger charge is -2.11. The standard InChI is InChI=1S/C16H15F2N3O2S2/c1-21(2)16-20-14-12(25-16)7-11(24-14)13(22)19-8-9-5-3-4-6-10(9)23-15(17)18/h3-7,15H,8H2,1-2H3,(H,19,22). The van der Waals surface area contributed by atoms with Gasteiger partial charge < -0.3 is 15.0 Å². The van der Waals surface area contributed by atoms with Gasteiger partial charge in [0.05, 0.1) is 9.58 Å². The molecule has 2 heterocycles.